The molecule has 16 heavy (non-hydrogen) atoms. The highest BCUT2D eigenvalue weighted by Crippen LogP contribution is 2.45. The van der Waals surface area contributed by atoms with Gasteiger partial charge >= 0.3 is 0 Å². The largest absolute Gasteiger partial charge is 0.312 e. The van der Waals surface area contributed by atoms with Gasteiger partial charge in [0.2, 0.25) is 0 Å². The minimum atomic E-state index is -0.532. The van der Waals surface area contributed by atoms with Crippen LogP contribution in [-0.4, -0.2) is 12.4 Å². The van der Waals surface area contributed by atoms with Crippen molar-refractivity contribution in [1.29, 1.82) is 0 Å². The summed E-state index contributed by atoms with van der Waals surface area (Å²) in [5.74, 6) is -0.414. The van der Waals surface area contributed by atoms with E-state index in [-0.39, 0.29) is 5.41 Å². The third kappa shape index (κ3) is 2.92. The van der Waals surface area contributed by atoms with E-state index in [1.807, 2.05) is 0 Å². The second-order valence-corrected chi connectivity index (χ2v) is 4.78. The maximum atomic E-state index is 12.9. The van der Waals surface area contributed by atoms with Gasteiger partial charge in [-0.05, 0) is 36.0 Å². The highest BCUT2D eigenvalue weighted by Gasteiger charge is 2.41. The van der Waals surface area contributed by atoms with E-state index in [1.54, 1.807) is 0 Å². The predicted molar refractivity (Wildman–Crippen MR) is 60.5 cm³/mol. The second-order valence-electron chi connectivity index (χ2n) is 4.51. The summed E-state index contributed by atoms with van der Waals surface area (Å²) in [5, 5.41) is 3.19. The summed E-state index contributed by atoms with van der Waals surface area (Å²) < 4.78 is 25.8. The molecule has 1 nitrogen and oxygen atoms in total. The molecule has 1 aliphatic carbocycles. The van der Waals surface area contributed by atoms with Gasteiger partial charge in [-0.3, -0.25) is 0 Å². The maximum absolute atomic E-state index is 12.9. The zero-order valence-corrected chi connectivity index (χ0v) is 9.66. The molecule has 0 saturated heterocycles. The van der Waals surface area contributed by atoms with Crippen LogP contribution in [0.2, 0.25) is 0 Å². The van der Waals surface area contributed by atoms with Gasteiger partial charge in [-0.15, -0.1) is 11.6 Å². The molecule has 1 aromatic rings. The van der Waals surface area contributed by atoms with Gasteiger partial charge in [0.1, 0.15) is 11.6 Å². The van der Waals surface area contributed by atoms with Gasteiger partial charge in [-0.2, -0.15) is 0 Å². The van der Waals surface area contributed by atoms with E-state index in [1.165, 1.54) is 12.1 Å². The van der Waals surface area contributed by atoms with Crippen molar-refractivity contribution >= 4 is 11.6 Å². The van der Waals surface area contributed by atoms with Gasteiger partial charge < -0.3 is 5.32 Å². The summed E-state index contributed by atoms with van der Waals surface area (Å²) in [6, 6.07) is 3.57. The fourth-order valence-corrected chi connectivity index (χ4v) is 2.08. The number of halogens is 3. The molecule has 0 heterocycles. The molecule has 0 unspecified atom stereocenters. The van der Waals surface area contributed by atoms with E-state index in [0.717, 1.165) is 25.5 Å². The van der Waals surface area contributed by atoms with Gasteiger partial charge in [0, 0.05) is 25.0 Å². The second kappa shape index (κ2) is 4.68. The van der Waals surface area contributed by atoms with E-state index >= 15 is 0 Å². The minimum Gasteiger partial charge on any atom is -0.312 e. The Hall–Kier alpha value is -0.670. The van der Waals surface area contributed by atoms with Crippen molar-refractivity contribution < 1.29 is 8.78 Å². The Bertz CT molecular complexity index is 357. The lowest BCUT2D eigenvalue weighted by Gasteiger charge is -2.12. The van der Waals surface area contributed by atoms with Gasteiger partial charge in [0.15, 0.2) is 0 Å². The fourth-order valence-electron chi connectivity index (χ4n) is 1.72. The third-order valence-electron chi connectivity index (χ3n) is 2.99. The zero-order valence-electron chi connectivity index (χ0n) is 8.90. The number of benzene rings is 1. The normalized spacial score (nSPS) is 17.4. The Kier molecular flexibility index (Phi) is 3.45. The molecular formula is C12H14ClF2N. The highest BCUT2D eigenvalue weighted by molar-refractivity contribution is 6.18. The Balaban J connectivity index is 1.85. The van der Waals surface area contributed by atoms with Gasteiger partial charge in [0.05, 0.1) is 0 Å². The Morgan fingerprint density at radius 1 is 1.19 bits per heavy atom. The Labute approximate surface area is 98.8 Å². The van der Waals surface area contributed by atoms with Crippen molar-refractivity contribution in [3.63, 3.8) is 0 Å². The molecule has 1 saturated carbocycles. The SMILES string of the molecule is Fc1cc(F)cc(CNCC2(CCl)CC2)c1. The molecule has 0 aromatic heterocycles. The average Bonchev–Trinajstić information content (AvgIpc) is 2.97. The van der Waals surface area contributed by atoms with Crippen LogP contribution in [0.5, 0.6) is 0 Å². The molecular weight excluding hydrogens is 232 g/mol. The van der Waals surface area contributed by atoms with Crippen molar-refractivity contribution in [1.82, 2.24) is 5.32 Å². The molecule has 1 aromatic carbocycles. The van der Waals surface area contributed by atoms with Crippen LogP contribution in [0.15, 0.2) is 18.2 Å². The van der Waals surface area contributed by atoms with Gasteiger partial charge in [0.25, 0.3) is 0 Å². The molecule has 0 radical (unpaired) electrons. The van der Waals surface area contributed by atoms with Crippen LogP contribution in [0.3, 0.4) is 0 Å². The molecule has 0 spiro atoms. The summed E-state index contributed by atoms with van der Waals surface area (Å²) in [4.78, 5) is 0. The average molecular weight is 246 g/mol. The maximum Gasteiger partial charge on any atom is 0.126 e. The van der Waals surface area contributed by atoms with Crippen LogP contribution in [0, 0.1) is 17.0 Å². The highest BCUT2D eigenvalue weighted by atomic mass is 35.5. The van der Waals surface area contributed by atoms with Crippen LogP contribution >= 0.6 is 11.6 Å². The van der Waals surface area contributed by atoms with Crippen molar-refractivity contribution in [2.24, 2.45) is 5.41 Å². The predicted octanol–water partition coefficient (Wildman–Crippen LogP) is 3.07. The summed E-state index contributed by atoms with van der Waals surface area (Å²) in [5.41, 5.74) is 0.857. The number of alkyl halides is 1. The Morgan fingerprint density at radius 2 is 1.81 bits per heavy atom. The molecule has 1 aliphatic rings. The first-order chi connectivity index (χ1) is 7.63. The monoisotopic (exact) mass is 245 g/mol. The lowest BCUT2D eigenvalue weighted by molar-refractivity contribution is 0.502. The quantitative estimate of drug-likeness (QED) is 0.787. The molecule has 0 aliphatic heterocycles. The first-order valence-electron chi connectivity index (χ1n) is 5.35. The standard InChI is InChI=1S/C12H14ClF2N/c13-7-12(1-2-12)8-16-6-9-3-10(14)5-11(15)4-9/h3-5,16H,1-2,6-8H2. The minimum absolute atomic E-state index is 0.230. The molecule has 1 N–H and O–H groups in total. The fraction of sp³-hybridized carbons (Fsp3) is 0.500. The first kappa shape index (κ1) is 11.8. The summed E-state index contributed by atoms with van der Waals surface area (Å²) in [7, 11) is 0. The molecule has 0 atom stereocenters. The first-order valence-corrected chi connectivity index (χ1v) is 5.89. The molecule has 0 bridgehead atoms. The Morgan fingerprint density at radius 3 is 2.31 bits per heavy atom. The van der Waals surface area contributed by atoms with E-state index in [2.05, 4.69) is 5.32 Å². The summed E-state index contributed by atoms with van der Waals surface area (Å²) >= 11 is 5.83. The molecule has 0 amide bonds. The van der Waals surface area contributed by atoms with E-state index in [0.29, 0.717) is 18.0 Å². The molecule has 2 rings (SSSR count). The molecule has 1 fully saturated rings. The van der Waals surface area contributed by atoms with Crippen molar-refractivity contribution in [3.05, 3.63) is 35.4 Å². The summed E-state index contributed by atoms with van der Waals surface area (Å²) in [6.07, 6.45) is 2.28. The topological polar surface area (TPSA) is 12.0 Å². The van der Waals surface area contributed by atoms with Crippen LogP contribution in [0.1, 0.15) is 18.4 Å². The van der Waals surface area contributed by atoms with Crippen molar-refractivity contribution in [2.45, 2.75) is 19.4 Å². The van der Waals surface area contributed by atoms with E-state index < -0.39 is 11.6 Å². The van der Waals surface area contributed by atoms with Crippen LogP contribution in [-0.2, 0) is 6.54 Å². The lowest BCUT2D eigenvalue weighted by atomic mass is 10.1. The van der Waals surface area contributed by atoms with Crippen LogP contribution < -0.4 is 5.32 Å². The number of rotatable bonds is 5. The van der Waals surface area contributed by atoms with Gasteiger partial charge in [-0.1, -0.05) is 0 Å². The van der Waals surface area contributed by atoms with Crippen LogP contribution in [0.25, 0.3) is 0 Å². The number of nitrogens with one attached hydrogen (secondary N) is 1. The smallest absolute Gasteiger partial charge is 0.126 e. The zero-order chi connectivity index (χ0) is 11.6. The van der Waals surface area contributed by atoms with Gasteiger partial charge in [-0.25, -0.2) is 8.78 Å². The third-order valence-corrected chi connectivity index (χ3v) is 3.56. The lowest BCUT2D eigenvalue weighted by Crippen LogP contribution is -2.24. The van der Waals surface area contributed by atoms with Crippen molar-refractivity contribution in [3.8, 4) is 0 Å². The summed E-state index contributed by atoms with van der Waals surface area (Å²) in [6.45, 7) is 1.29. The van der Waals surface area contributed by atoms with Crippen LogP contribution in [0.4, 0.5) is 8.78 Å². The molecule has 88 valence electrons. The van der Waals surface area contributed by atoms with Crippen molar-refractivity contribution in [2.75, 3.05) is 12.4 Å². The van der Waals surface area contributed by atoms with E-state index in [9.17, 15) is 8.78 Å². The number of hydrogen-bond acceptors (Lipinski definition) is 1. The van der Waals surface area contributed by atoms with E-state index in [4.69, 9.17) is 11.6 Å². The number of hydrogen-bond donors (Lipinski definition) is 1. The molecule has 4 heteroatoms.